The van der Waals surface area contributed by atoms with Gasteiger partial charge in [-0.3, -0.25) is 4.79 Å². The predicted molar refractivity (Wildman–Crippen MR) is 62.0 cm³/mol. The summed E-state index contributed by atoms with van der Waals surface area (Å²) in [4.78, 5) is 10.7. The number of rotatable bonds is 4. The molecule has 0 aliphatic heterocycles. The van der Waals surface area contributed by atoms with Crippen LogP contribution >= 0.6 is 0 Å². The van der Waals surface area contributed by atoms with Gasteiger partial charge in [-0.1, -0.05) is 17.3 Å². The van der Waals surface area contributed by atoms with E-state index in [0.29, 0.717) is 12.1 Å². The summed E-state index contributed by atoms with van der Waals surface area (Å²) in [7, 11) is 0. The van der Waals surface area contributed by atoms with Gasteiger partial charge in [0.05, 0.1) is 36.5 Å². The average Bonchev–Trinajstić information content (AvgIpc) is 2.78. The van der Waals surface area contributed by atoms with Crippen LogP contribution in [-0.4, -0.2) is 26.1 Å². The quantitative estimate of drug-likeness (QED) is 0.862. The highest BCUT2D eigenvalue weighted by Gasteiger charge is 2.09. The lowest BCUT2D eigenvalue weighted by molar-refractivity contribution is -0.136. The van der Waals surface area contributed by atoms with Gasteiger partial charge in [0, 0.05) is 0 Å². The Morgan fingerprint density at radius 1 is 1.39 bits per heavy atom. The van der Waals surface area contributed by atoms with Crippen molar-refractivity contribution in [3.63, 3.8) is 0 Å². The van der Waals surface area contributed by atoms with Gasteiger partial charge in [0.25, 0.3) is 0 Å². The summed E-state index contributed by atoms with van der Waals surface area (Å²) in [6.45, 7) is 0. The van der Waals surface area contributed by atoms with Crippen molar-refractivity contribution in [1.29, 1.82) is 5.26 Å². The van der Waals surface area contributed by atoms with Gasteiger partial charge < -0.3 is 5.11 Å². The third kappa shape index (κ3) is 2.52. The molecule has 0 aliphatic carbocycles. The molecule has 1 heterocycles. The van der Waals surface area contributed by atoms with E-state index in [2.05, 4.69) is 16.4 Å². The first-order chi connectivity index (χ1) is 8.70. The number of benzene rings is 1. The van der Waals surface area contributed by atoms with E-state index in [4.69, 9.17) is 10.4 Å². The molecule has 6 nitrogen and oxygen atoms in total. The molecule has 2 aromatic rings. The maximum absolute atomic E-state index is 10.7. The van der Waals surface area contributed by atoms with Crippen molar-refractivity contribution in [3.8, 4) is 11.8 Å². The Balaban J connectivity index is 2.29. The van der Waals surface area contributed by atoms with Crippen LogP contribution in [-0.2, 0) is 17.6 Å². The van der Waals surface area contributed by atoms with Crippen LogP contribution in [0.25, 0.3) is 5.69 Å². The number of nitriles is 1. The maximum atomic E-state index is 10.7. The topological polar surface area (TPSA) is 91.8 Å². The third-order valence-corrected chi connectivity index (χ3v) is 2.42. The van der Waals surface area contributed by atoms with Crippen LogP contribution in [0.4, 0.5) is 0 Å². The fourth-order valence-electron chi connectivity index (χ4n) is 1.60. The zero-order valence-corrected chi connectivity index (χ0v) is 9.45. The summed E-state index contributed by atoms with van der Waals surface area (Å²) in [5, 5.41) is 24.9. The smallest absolute Gasteiger partial charge is 0.309 e. The number of carboxylic acids is 1. The van der Waals surface area contributed by atoms with Crippen molar-refractivity contribution in [1.82, 2.24) is 15.0 Å². The van der Waals surface area contributed by atoms with Gasteiger partial charge in [0.15, 0.2) is 0 Å². The van der Waals surface area contributed by atoms with Gasteiger partial charge in [0.1, 0.15) is 0 Å². The van der Waals surface area contributed by atoms with Crippen molar-refractivity contribution < 1.29 is 9.90 Å². The standard InChI is InChI=1S/C12H10N4O2/c13-6-5-9-1-3-10(4-2-9)16-11(7-12(17)18)8-14-15-16/h1-4,8H,5,7H2,(H,17,18). The summed E-state index contributed by atoms with van der Waals surface area (Å²) in [6.07, 6.45) is 1.64. The molecule has 1 aromatic heterocycles. The Morgan fingerprint density at radius 3 is 2.72 bits per heavy atom. The molecule has 0 saturated heterocycles. The van der Waals surface area contributed by atoms with Crippen molar-refractivity contribution in [2.75, 3.05) is 0 Å². The SMILES string of the molecule is N#CCc1ccc(-n2nncc2CC(=O)O)cc1. The Labute approximate surface area is 103 Å². The second-order valence-electron chi connectivity index (χ2n) is 3.71. The molecule has 90 valence electrons. The second-order valence-corrected chi connectivity index (χ2v) is 3.71. The number of hydrogen-bond acceptors (Lipinski definition) is 4. The van der Waals surface area contributed by atoms with Crippen molar-refractivity contribution in [3.05, 3.63) is 41.7 Å². The Morgan fingerprint density at radius 2 is 2.11 bits per heavy atom. The van der Waals surface area contributed by atoms with Crippen LogP contribution in [0.15, 0.2) is 30.5 Å². The van der Waals surface area contributed by atoms with Gasteiger partial charge >= 0.3 is 5.97 Å². The van der Waals surface area contributed by atoms with E-state index in [1.807, 2.05) is 12.1 Å². The highest BCUT2D eigenvalue weighted by Crippen LogP contribution is 2.11. The molecular weight excluding hydrogens is 232 g/mol. The first-order valence-corrected chi connectivity index (χ1v) is 5.28. The third-order valence-electron chi connectivity index (χ3n) is 2.42. The van der Waals surface area contributed by atoms with E-state index in [-0.39, 0.29) is 6.42 Å². The molecule has 6 heteroatoms. The van der Waals surface area contributed by atoms with E-state index >= 15 is 0 Å². The first-order valence-electron chi connectivity index (χ1n) is 5.28. The largest absolute Gasteiger partial charge is 0.481 e. The molecule has 2 rings (SSSR count). The maximum Gasteiger partial charge on any atom is 0.309 e. The van der Waals surface area contributed by atoms with E-state index in [9.17, 15) is 4.79 Å². The lowest BCUT2D eigenvalue weighted by Crippen LogP contribution is -2.07. The predicted octanol–water partition coefficient (Wildman–Crippen LogP) is 0.960. The molecule has 0 atom stereocenters. The second kappa shape index (κ2) is 5.10. The Kier molecular flexibility index (Phi) is 3.34. The molecule has 0 spiro atoms. The number of carbonyl (C=O) groups is 1. The van der Waals surface area contributed by atoms with Crippen LogP contribution in [0.1, 0.15) is 11.3 Å². The van der Waals surface area contributed by atoms with Crippen LogP contribution in [0.3, 0.4) is 0 Å². The Bertz CT molecular complexity index is 595. The molecule has 0 unspecified atom stereocenters. The lowest BCUT2D eigenvalue weighted by atomic mass is 10.1. The van der Waals surface area contributed by atoms with Crippen LogP contribution in [0.5, 0.6) is 0 Å². The zero-order valence-electron chi connectivity index (χ0n) is 9.45. The highest BCUT2D eigenvalue weighted by atomic mass is 16.4. The van der Waals surface area contributed by atoms with Crippen molar-refractivity contribution in [2.24, 2.45) is 0 Å². The first kappa shape index (κ1) is 11.8. The average molecular weight is 242 g/mol. The number of aliphatic carboxylic acids is 1. The van der Waals surface area contributed by atoms with Crippen molar-refractivity contribution in [2.45, 2.75) is 12.8 Å². The van der Waals surface area contributed by atoms with Crippen molar-refractivity contribution >= 4 is 5.97 Å². The summed E-state index contributed by atoms with van der Waals surface area (Å²) in [6, 6.07) is 9.25. The number of nitrogens with zero attached hydrogens (tertiary/aromatic N) is 4. The monoisotopic (exact) mass is 242 g/mol. The van der Waals surface area contributed by atoms with E-state index in [1.165, 1.54) is 10.9 Å². The Hall–Kier alpha value is -2.68. The summed E-state index contributed by atoms with van der Waals surface area (Å²) >= 11 is 0. The number of aromatic nitrogens is 3. The number of hydrogen-bond donors (Lipinski definition) is 1. The fraction of sp³-hybridized carbons (Fsp3) is 0.167. The number of carboxylic acid groups (broad SMARTS) is 1. The lowest BCUT2D eigenvalue weighted by Gasteiger charge is -2.04. The molecule has 1 aromatic carbocycles. The molecule has 0 saturated carbocycles. The van der Waals surface area contributed by atoms with Gasteiger partial charge in [-0.25, -0.2) is 4.68 Å². The zero-order chi connectivity index (χ0) is 13.0. The molecule has 0 amide bonds. The van der Waals surface area contributed by atoms with E-state index in [1.54, 1.807) is 12.1 Å². The molecule has 1 N–H and O–H groups in total. The van der Waals surface area contributed by atoms with Gasteiger partial charge in [0.2, 0.25) is 0 Å². The highest BCUT2D eigenvalue weighted by molar-refractivity contribution is 5.69. The summed E-state index contributed by atoms with van der Waals surface area (Å²) in [5.41, 5.74) is 2.14. The van der Waals surface area contributed by atoms with Gasteiger partial charge in [-0.2, -0.15) is 5.26 Å². The van der Waals surface area contributed by atoms with Crippen LogP contribution in [0, 0.1) is 11.3 Å². The normalized spacial score (nSPS) is 9.94. The van der Waals surface area contributed by atoms with Gasteiger partial charge in [-0.05, 0) is 17.7 Å². The molecule has 0 aliphatic rings. The van der Waals surface area contributed by atoms with Gasteiger partial charge in [-0.15, -0.1) is 5.10 Å². The molecule has 0 bridgehead atoms. The van der Waals surface area contributed by atoms with Crippen LogP contribution in [0.2, 0.25) is 0 Å². The fourth-order valence-corrected chi connectivity index (χ4v) is 1.60. The van der Waals surface area contributed by atoms with E-state index in [0.717, 1.165) is 11.3 Å². The molecule has 0 radical (unpaired) electrons. The summed E-state index contributed by atoms with van der Waals surface area (Å²) in [5.74, 6) is -0.931. The minimum absolute atomic E-state index is 0.132. The summed E-state index contributed by atoms with van der Waals surface area (Å²) < 4.78 is 1.48. The minimum Gasteiger partial charge on any atom is -0.481 e. The molecule has 18 heavy (non-hydrogen) atoms. The van der Waals surface area contributed by atoms with E-state index < -0.39 is 5.97 Å². The van der Waals surface area contributed by atoms with Crippen LogP contribution < -0.4 is 0 Å². The molecule has 0 fully saturated rings. The minimum atomic E-state index is -0.931. The molecular formula is C12H10N4O2.